The molecule has 2 aromatic heterocycles. The molecule has 0 saturated carbocycles. The zero-order valence-electron chi connectivity index (χ0n) is 10.6. The summed E-state index contributed by atoms with van der Waals surface area (Å²) >= 11 is 0. The van der Waals surface area contributed by atoms with Crippen molar-refractivity contribution in [2.45, 2.75) is 6.61 Å². The van der Waals surface area contributed by atoms with E-state index in [1.54, 1.807) is 18.3 Å². The molecule has 3 aromatic rings. The van der Waals surface area contributed by atoms with Gasteiger partial charge in [0.2, 0.25) is 0 Å². The molecule has 3 rings (SSSR count). The standard InChI is InChI=1S/C15H12N2O3/c18-15(19)13-9-16-17-7-6-12(8-14(13)17)20-10-11-4-2-1-3-5-11/h1-9H,10H2,(H,18,19). The molecule has 5 heteroatoms. The van der Waals surface area contributed by atoms with Crippen LogP contribution in [-0.2, 0) is 6.61 Å². The molecule has 2 heterocycles. The van der Waals surface area contributed by atoms with Gasteiger partial charge in [0.15, 0.2) is 0 Å². The molecule has 5 nitrogen and oxygen atoms in total. The van der Waals surface area contributed by atoms with Crippen LogP contribution in [-0.4, -0.2) is 20.7 Å². The van der Waals surface area contributed by atoms with Crippen LogP contribution < -0.4 is 4.74 Å². The highest BCUT2D eigenvalue weighted by Gasteiger charge is 2.11. The molecule has 0 saturated heterocycles. The van der Waals surface area contributed by atoms with E-state index in [-0.39, 0.29) is 5.56 Å². The number of aromatic nitrogens is 2. The number of aromatic carboxylic acids is 1. The van der Waals surface area contributed by atoms with Crippen LogP contribution in [0, 0.1) is 0 Å². The number of benzene rings is 1. The lowest BCUT2D eigenvalue weighted by Gasteiger charge is -2.06. The maximum atomic E-state index is 11.1. The fourth-order valence-electron chi connectivity index (χ4n) is 1.96. The van der Waals surface area contributed by atoms with E-state index in [2.05, 4.69) is 5.10 Å². The highest BCUT2D eigenvalue weighted by Crippen LogP contribution is 2.19. The van der Waals surface area contributed by atoms with Crippen LogP contribution in [0.25, 0.3) is 5.52 Å². The summed E-state index contributed by atoms with van der Waals surface area (Å²) in [6, 6.07) is 13.2. The summed E-state index contributed by atoms with van der Waals surface area (Å²) in [4.78, 5) is 11.1. The smallest absolute Gasteiger partial charge is 0.339 e. The minimum atomic E-state index is -1.000. The third-order valence-electron chi connectivity index (χ3n) is 2.97. The largest absolute Gasteiger partial charge is 0.489 e. The van der Waals surface area contributed by atoms with E-state index in [4.69, 9.17) is 9.84 Å². The van der Waals surface area contributed by atoms with Crippen molar-refractivity contribution in [2.24, 2.45) is 0 Å². The number of fused-ring (bicyclic) bond motifs is 1. The van der Waals surface area contributed by atoms with Crippen molar-refractivity contribution < 1.29 is 14.6 Å². The Morgan fingerprint density at radius 1 is 1.25 bits per heavy atom. The first kappa shape index (κ1) is 12.2. The molecule has 0 amide bonds. The maximum absolute atomic E-state index is 11.1. The maximum Gasteiger partial charge on any atom is 0.339 e. The second-order valence-electron chi connectivity index (χ2n) is 4.33. The fourth-order valence-corrected chi connectivity index (χ4v) is 1.96. The van der Waals surface area contributed by atoms with Crippen LogP contribution in [0.5, 0.6) is 5.75 Å². The van der Waals surface area contributed by atoms with Crippen molar-refractivity contribution in [2.75, 3.05) is 0 Å². The van der Waals surface area contributed by atoms with E-state index in [0.29, 0.717) is 17.9 Å². The van der Waals surface area contributed by atoms with Crippen molar-refractivity contribution in [1.29, 1.82) is 0 Å². The topological polar surface area (TPSA) is 63.8 Å². The summed E-state index contributed by atoms with van der Waals surface area (Å²) in [6.45, 7) is 0.438. The van der Waals surface area contributed by atoms with E-state index in [1.807, 2.05) is 30.3 Å². The van der Waals surface area contributed by atoms with Crippen molar-refractivity contribution in [1.82, 2.24) is 9.61 Å². The molecule has 1 aromatic carbocycles. The number of nitrogens with zero attached hydrogens (tertiary/aromatic N) is 2. The molecule has 20 heavy (non-hydrogen) atoms. The van der Waals surface area contributed by atoms with Gasteiger partial charge in [-0.2, -0.15) is 5.10 Å². The summed E-state index contributed by atoms with van der Waals surface area (Å²) < 4.78 is 7.18. The summed E-state index contributed by atoms with van der Waals surface area (Å²) in [7, 11) is 0. The number of pyridine rings is 1. The molecule has 0 unspecified atom stereocenters. The van der Waals surface area contributed by atoms with Crippen LogP contribution in [0.4, 0.5) is 0 Å². The molecule has 0 aliphatic carbocycles. The molecule has 0 radical (unpaired) electrons. The van der Waals surface area contributed by atoms with E-state index in [9.17, 15) is 4.79 Å². The number of rotatable bonds is 4. The molecule has 0 bridgehead atoms. The Hall–Kier alpha value is -2.82. The summed E-state index contributed by atoms with van der Waals surface area (Å²) in [6.07, 6.45) is 3.01. The number of carbonyl (C=O) groups is 1. The Labute approximate surface area is 115 Å². The number of ether oxygens (including phenoxy) is 1. The van der Waals surface area contributed by atoms with E-state index < -0.39 is 5.97 Å². The number of hydrogen-bond donors (Lipinski definition) is 1. The van der Waals surface area contributed by atoms with Gasteiger partial charge in [-0.1, -0.05) is 30.3 Å². The predicted octanol–water partition coefficient (Wildman–Crippen LogP) is 2.61. The number of hydrogen-bond acceptors (Lipinski definition) is 3. The minimum absolute atomic E-state index is 0.162. The van der Waals surface area contributed by atoms with Crippen LogP contribution in [0.15, 0.2) is 54.9 Å². The van der Waals surface area contributed by atoms with Crippen LogP contribution in [0.2, 0.25) is 0 Å². The van der Waals surface area contributed by atoms with E-state index in [0.717, 1.165) is 5.56 Å². The molecule has 1 N–H and O–H groups in total. The second kappa shape index (κ2) is 5.05. The third-order valence-corrected chi connectivity index (χ3v) is 2.97. The van der Waals surface area contributed by atoms with Gasteiger partial charge in [-0.15, -0.1) is 0 Å². The molecular formula is C15H12N2O3. The molecular weight excluding hydrogens is 256 g/mol. The quantitative estimate of drug-likeness (QED) is 0.790. The lowest BCUT2D eigenvalue weighted by Crippen LogP contribution is -1.98. The van der Waals surface area contributed by atoms with Crippen LogP contribution in [0.3, 0.4) is 0 Å². The van der Waals surface area contributed by atoms with Gasteiger partial charge in [-0.25, -0.2) is 9.31 Å². The van der Waals surface area contributed by atoms with E-state index >= 15 is 0 Å². The molecule has 0 spiro atoms. The lowest BCUT2D eigenvalue weighted by atomic mass is 10.2. The van der Waals surface area contributed by atoms with Gasteiger partial charge in [0.1, 0.15) is 17.9 Å². The van der Waals surface area contributed by atoms with Gasteiger partial charge in [0.25, 0.3) is 0 Å². The normalized spacial score (nSPS) is 10.6. The first-order valence-electron chi connectivity index (χ1n) is 6.11. The van der Waals surface area contributed by atoms with Crippen molar-refractivity contribution in [3.63, 3.8) is 0 Å². The van der Waals surface area contributed by atoms with Gasteiger partial charge in [-0.3, -0.25) is 0 Å². The number of carboxylic acids is 1. The summed E-state index contributed by atoms with van der Waals surface area (Å²) in [5.41, 5.74) is 1.73. The predicted molar refractivity (Wildman–Crippen MR) is 72.9 cm³/mol. The van der Waals surface area contributed by atoms with Crippen LogP contribution >= 0.6 is 0 Å². The zero-order valence-corrected chi connectivity index (χ0v) is 10.6. The molecule has 0 fully saturated rings. The third kappa shape index (κ3) is 2.33. The molecule has 0 aliphatic heterocycles. The average molecular weight is 268 g/mol. The summed E-state index contributed by atoms with van der Waals surface area (Å²) in [5, 5.41) is 13.1. The van der Waals surface area contributed by atoms with Crippen molar-refractivity contribution in [3.05, 3.63) is 66.0 Å². The van der Waals surface area contributed by atoms with Gasteiger partial charge in [0, 0.05) is 12.3 Å². The molecule has 0 aliphatic rings. The lowest BCUT2D eigenvalue weighted by molar-refractivity contribution is 0.0699. The first-order valence-corrected chi connectivity index (χ1v) is 6.11. The highest BCUT2D eigenvalue weighted by atomic mass is 16.5. The SMILES string of the molecule is O=C(O)c1cnn2ccc(OCc3ccccc3)cc12. The van der Waals surface area contributed by atoms with Gasteiger partial charge in [0.05, 0.1) is 11.7 Å². The molecule has 100 valence electrons. The van der Waals surface area contributed by atoms with Crippen molar-refractivity contribution >= 4 is 11.5 Å². The van der Waals surface area contributed by atoms with Gasteiger partial charge < -0.3 is 9.84 Å². The Kier molecular flexibility index (Phi) is 3.09. The Morgan fingerprint density at radius 3 is 2.80 bits per heavy atom. The minimum Gasteiger partial charge on any atom is -0.489 e. The highest BCUT2D eigenvalue weighted by molar-refractivity contribution is 5.95. The van der Waals surface area contributed by atoms with Gasteiger partial charge >= 0.3 is 5.97 Å². The Balaban J connectivity index is 1.85. The van der Waals surface area contributed by atoms with Crippen LogP contribution in [0.1, 0.15) is 15.9 Å². The zero-order chi connectivity index (χ0) is 13.9. The van der Waals surface area contributed by atoms with E-state index in [1.165, 1.54) is 10.7 Å². The fraction of sp³-hybridized carbons (Fsp3) is 0.0667. The first-order chi connectivity index (χ1) is 9.74. The second-order valence-corrected chi connectivity index (χ2v) is 4.33. The average Bonchev–Trinajstić information content (AvgIpc) is 2.89. The number of carboxylic acid groups (broad SMARTS) is 1. The molecule has 0 atom stereocenters. The Morgan fingerprint density at radius 2 is 2.05 bits per heavy atom. The Bertz CT molecular complexity index is 750. The van der Waals surface area contributed by atoms with Gasteiger partial charge in [-0.05, 0) is 11.6 Å². The van der Waals surface area contributed by atoms with Crippen molar-refractivity contribution in [3.8, 4) is 5.75 Å². The monoisotopic (exact) mass is 268 g/mol. The summed E-state index contributed by atoms with van der Waals surface area (Å²) in [5.74, 6) is -0.385.